The van der Waals surface area contributed by atoms with Crippen molar-refractivity contribution >= 4 is 22.9 Å². The van der Waals surface area contributed by atoms with Crippen LogP contribution in [0.15, 0.2) is 21.0 Å². The van der Waals surface area contributed by atoms with E-state index < -0.39 is 5.69 Å². The molecule has 2 heterocycles. The van der Waals surface area contributed by atoms with Crippen molar-refractivity contribution in [2.45, 2.75) is 39.7 Å². The predicted octanol–water partition coefficient (Wildman–Crippen LogP) is 2.99. The molecule has 108 valence electrons. The first-order valence-electron chi connectivity index (χ1n) is 6.53. The summed E-state index contributed by atoms with van der Waals surface area (Å²) in [6, 6.07) is 2.03. The van der Waals surface area contributed by atoms with E-state index in [2.05, 4.69) is 11.9 Å². The molecule has 2 aromatic rings. The highest BCUT2D eigenvalue weighted by Crippen LogP contribution is 2.19. The van der Waals surface area contributed by atoms with Gasteiger partial charge in [0.15, 0.2) is 0 Å². The average Bonchev–Trinajstić information content (AvgIpc) is 2.80. The summed E-state index contributed by atoms with van der Waals surface area (Å²) in [5, 5.41) is 2.13. The summed E-state index contributed by atoms with van der Waals surface area (Å²) in [4.78, 5) is 28.0. The molecule has 0 aromatic carbocycles. The molecule has 0 saturated heterocycles. The van der Waals surface area contributed by atoms with Gasteiger partial charge in [0.2, 0.25) is 0 Å². The van der Waals surface area contributed by atoms with Crippen LogP contribution in [-0.4, -0.2) is 9.55 Å². The van der Waals surface area contributed by atoms with Crippen LogP contribution >= 0.6 is 22.9 Å². The summed E-state index contributed by atoms with van der Waals surface area (Å²) in [6.07, 6.45) is 0.885. The number of nitrogens with one attached hydrogen (secondary N) is 1. The molecule has 2 aromatic heterocycles. The standard InChI is InChI=1S/C14H17ClN2O2S/c1-4-9-5-6-20-10(9)7-17-13(18)11(8(2)3)12(15)16-14(17)19/h5-6,8H,4,7H2,1-3H3,(H,16,19). The fraction of sp³-hybridized carbons (Fsp3) is 0.429. The fourth-order valence-corrected chi connectivity index (χ4v) is 3.51. The van der Waals surface area contributed by atoms with Crippen molar-refractivity contribution < 1.29 is 0 Å². The van der Waals surface area contributed by atoms with Gasteiger partial charge in [0.1, 0.15) is 5.15 Å². The Bertz CT molecular complexity index is 728. The Morgan fingerprint density at radius 2 is 2.10 bits per heavy atom. The number of rotatable bonds is 4. The third-order valence-corrected chi connectivity index (χ3v) is 4.52. The molecule has 0 saturated carbocycles. The zero-order valence-corrected chi connectivity index (χ0v) is 13.3. The van der Waals surface area contributed by atoms with Crippen LogP contribution in [0.1, 0.15) is 42.7 Å². The largest absolute Gasteiger partial charge is 0.329 e. The molecular weight excluding hydrogens is 296 g/mol. The predicted molar refractivity (Wildman–Crippen MR) is 83.2 cm³/mol. The second-order valence-electron chi connectivity index (χ2n) is 4.93. The minimum atomic E-state index is -0.458. The van der Waals surface area contributed by atoms with Crippen LogP contribution in [0, 0.1) is 0 Å². The number of nitrogens with zero attached hydrogens (tertiary/aromatic N) is 1. The maximum atomic E-state index is 12.4. The molecule has 0 aliphatic rings. The second-order valence-corrected chi connectivity index (χ2v) is 6.31. The monoisotopic (exact) mass is 312 g/mol. The second kappa shape index (κ2) is 5.97. The quantitative estimate of drug-likeness (QED) is 0.882. The van der Waals surface area contributed by atoms with Gasteiger partial charge in [0.25, 0.3) is 5.56 Å². The van der Waals surface area contributed by atoms with Crippen molar-refractivity contribution in [2.75, 3.05) is 0 Å². The third-order valence-electron chi connectivity index (χ3n) is 3.27. The SMILES string of the molecule is CCc1ccsc1Cn1c(=O)[nH]c(Cl)c(C(C)C)c1=O. The van der Waals surface area contributed by atoms with E-state index >= 15 is 0 Å². The highest BCUT2D eigenvalue weighted by Gasteiger charge is 2.16. The number of aromatic nitrogens is 2. The number of hydrogen-bond acceptors (Lipinski definition) is 3. The van der Waals surface area contributed by atoms with Gasteiger partial charge in [-0.1, -0.05) is 32.4 Å². The zero-order valence-electron chi connectivity index (χ0n) is 11.7. The maximum Gasteiger partial charge on any atom is 0.329 e. The summed E-state index contributed by atoms with van der Waals surface area (Å²) in [5.41, 5.74) is 0.868. The Hall–Kier alpha value is -1.33. The van der Waals surface area contributed by atoms with Gasteiger partial charge in [-0.15, -0.1) is 11.3 Å². The van der Waals surface area contributed by atoms with Gasteiger partial charge in [-0.3, -0.25) is 14.3 Å². The van der Waals surface area contributed by atoms with Crippen molar-refractivity contribution in [1.82, 2.24) is 9.55 Å². The minimum absolute atomic E-state index is 0.0351. The van der Waals surface area contributed by atoms with Crippen molar-refractivity contribution in [2.24, 2.45) is 0 Å². The first-order chi connectivity index (χ1) is 9.45. The summed E-state index contributed by atoms with van der Waals surface area (Å²) in [5.74, 6) is -0.0351. The van der Waals surface area contributed by atoms with Crippen LogP contribution in [-0.2, 0) is 13.0 Å². The molecule has 6 heteroatoms. The van der Waals surface area contributed by atoms with Crippen LogP contribution in [0.3, 0.4) is 0 Å². The van der Waals surface area contributed by atoms with Crippen molar-refractivity contribution in [3.05, 3.63) is 53.4 Å². The highest BCUT2D eigenvalue weighted by molar-refractivity contribution is 7.10. The van der Waals surface area contributed by atoms with E-state index in [-0.39, 0.29) is 16.6 Å². The molecule has 0 fully saturated rings. The molecule has 0 amide bonds. The number of aromatic amines is 1. The molecular formula is C14H17ClN2O2S. The van der Waals surface area contributed by atoms with E-state index in [0.717, 1.165) is 11.3 Å². The molecule has 0 bridgehead atoms. The lowest BCUT2D eigenvalue weighted by molar-refractivity contribution is 0.673. The van der Waals surface area contributed by atoms with Crippen molar-refractivity contribution in [1.29, 1.82) is 0 Å². The molecule has 0 atom stereocenters. The molecule has 20 heavy (non-hydrogen) atoms. The first-order valence-corrected chi connectivity index (χ1v) is 7.79. The van der Waals surface area contributed by atoms with Crippen molar-refractivity contribution in [3.8, 4) is 0 Å². The van der Waals surface area contributed by atoms with Crippen molar-refractivity contribution in [3.63, 3.8) is 0 Å². The number of hydrogen-bond donors (Lipinski definition) is 1. The number of H-pyrrole nitrogens is 1. The van der Waals surface area contributed by atoms with Crippen LogP contribution in [0.2, 0.25) is 5.15 Å². The van der Waals surface area contributed by atoms with E-state index in [1.54, 1.807) is 11.3 Å². The van der Waals surface area contributed by atoms with Crippen LogP contribution in [0.25, 0.3) is 0 Å². The summed E-state index contributed by atoms with van der Waals surface area (Å²) in [7, 11) is 0. The molecule has 0 spiro atoms. The Kier molecular flexibility index (Phi) is 4.50. The Labute approximate surface area is 126 Å². The first kappa shape index (κ1) is 15.1. The molecule has 0 unspecified atom stereocenters. The fourth-order valence-electron chi connectivity index (χ4n) is 2.17. The van der Waals surface area contributed by atoms with Gasteiger partial charge >= 0.3 is 5.69 Å². The molecule has 4 nitrogen and oxygen atoms in total. The summed E-state index contributed by atoms with van der Waals surface area (Å²) < 4.78 is 1.23. The van der Waals surface area contributed by atoms with Gasteiger partial charge in [0, 0.05) is 4.88 Å². The van der Waals surface area contributed by atoms with Gasteiger partial charge in [-0.05, 0) is 29.3 Å². The smallest absolute Gasteiger partial charge is 0.297 e. The lowest BCUT2D eigenvalue weighted by atomic mass is 10.1. The topological polar surface area (TPSA) is 54.9 Å². The molecule has 0 radical (unpaired) electrons. The number of aryl methyl sites for hydroxylation is 1. The van der Waals surface area contributed by atoms with Gasteiger partial charge < -0.3 is 0 Å². The van der Waals surface area contributed by atoms with Crippen LogP contribution in [0.5, 0.6) is 0 Å². The van der Waals surface area contributed by atoms with E-state index in [9.17, 15) is 9.59 Å². The van der Waals surface area contributed by atoms with Gasteiger partial charge in [0.05, 0.1) is 12.1 Å². The molecule has 0 aliphatic carbocycles. The highest BCUT2D eigenvalue weighted by atomic mass is 35.5. The zero-order chi connectivity index (χ0) is 14.9. The van der Waals surface area contributed by atoms with Crippen LogP contribution < -0.4 is 11.2 Å². The Morgan fingerprint density at radius 3 is 2.70 bits per heavy atom. The molecule has 0 aliphatic heterocycles. The van der Waals surface area contributed by atoms with E-state index in [1.165, 1.54) is 10.1 Å². The molecule has 1 N–H and O–H groups in total. The van der Waals surface area contributed by atoms with Gasteiger partial charge in [-0.25, -0.2) is 4.79 Å². The normalized spacial score (nSPS) is 11.2. The summed E-state index contributed by atoms with van der Waals surface area (Å²) >= 11 is 7.54. The van der Waals surface area contributed by atoms with E-state index in [4.69, 9.17) is 11.6 Å². The summed E-state index contributed by atoms with van der Waals surface area (Å²) in [6.45, 7) is 6.12. The Balaban J connectivity index is 2.55. The minimum Gasteiger partial charge on any atom is -0.297 e. The van der Waals surface area contributed by atoms with Gasteiger partial charge in [-0.2, -0.15) is 0 Å². The van der Waals surface area contributed by atoms with E-state index in [0.29, 0.717) is 12.1 Å². The van der Waals surface area contributed by atoms with Crippen LogP contribution in [0.4, 0.5) is 0 Å². The lowest BCUT2D eigenvalue weighted by Crippen LogP contribution is -2.38. The maximum absolute atomic E-state index is 12.4. The number of thiophene rings is 1. The van der Waals surface area contributed by atoms with E-state index in [1.807, 2.05) is 25.3 Å². The molecule has 2 rings (SSSR count). The third kappa shape index (κ3) is 2.74. The lowest BCUT2D eigenvalue weighted by Gasteiger charge is -2.11. The number of halogens is 1. The average molecular weight is 313 g/mol. The Morgan fingerprint density at radius 1 is 1.40 bits per heavy atom.